The summed E-state index contributed by atoms with van der Waals surface area (Å²) in [4.78, 5) is 125. The van der Waals surface area contributed by atoms with Gasteiger partial charge in [0.1, 0.15) is 36.5 Å². The second-order valence-corrected chi connectivity index (χ2v) is 26.9. The lowest BCUT2D eigenvalue weighted by Crippen LogP contribution is -2.66. The maximum atomic E-state index is 14.8. The highest BCUT2D eigenvalue weighted by Crippen LogP contribution is 2.43. The highest BCUT2D eigenvalue weighted by molar-refractivity contribution is 7.99. The Morgan fingerprint density at radius 2 is 0.900 bits per heavy atom. The summed E-state index contributed by atoms with van der Waals surface area (Å²) in [7, 11) is 0. The van der Waals surface area contributed by atoms with E-state index in [0.29, 0.717) is 5.56 Å². The average Bonchev–Trinajstić information content (AvgIpc) is 0.764. The predicted octanol–water partition coefficient (Wildman–Crippen LogP) is 9.31. The summed E-state index contributed by atoms with van der Waals surface area (Å²) in [6.45, 7) is 11.8. The molecule has 5 aromatic rings. The molecule has 0 aliphatic carbocycles. The third-order valence-electron chi connectivity index (χ3n) is 17.1. The monoisotopic (exact) mass is 1400 g/mol. The van der Waals surface area contributed by atoms with E-state index < -0.39 is 175 Å². The minimum Gasteiger partial charge on any atom is -0.466 e. The van der Waals surface area contributed by atoms with Gasteiger partial charge in [-0.25, -0.2) is 19.2 Å². The standard InChI is InChI=1S/C74H84O25S/c1-10-100-70-62(99-72(83)74(8,9)37-39-85-45(4)76)60(97-69-56(98-71(82)73(6,7)36-38-84-44(3)75)43(2)55-52(91-69)41-87-67(96-55)51-34-24-15-25-35-51)57(89-46(5)77)54(92-70)42-88-68-61(95-66(81)50-32-22-14-23-33-50)59(94-65(80)49-30-20-13-21-31-49)58(93-64(79)48-28-18-12-19-29-48)53(90-68)40-86-63(78)47-26-16-11-17-27-47/h11-35,43,52-62,67-70H,10,36-42H2,1-9H3/t43-,52?,53?,54?,55-,56?,57+,58+,59-,60-,61?,62?,67?,68+,69-,70-/m0/s1. The lowest BCUT2D eigenvalue weighted by molar-refractivity contribution is -0.372. The zero-order valence-corrected chi connectivity index (χ0v) is 57.8. The van der Waals surface area contributed by atoms with Gasteiger partial charge in [-0.05, 0) is 94.8 Å². The molecule has 0 N–H and O–H groups in total. The molecule has 0 saturated carbocycles. The first-order valence-corrected chi connectivity index (χ1v) is 34.0. The zero-order valence-electron chi connectivity index (χ0n) is 56.9. The van der Waals surface area contributed by atoms with E-state index in [9.17, 15) is 43.2 Å². The number of ether oxygens (including phenoxy) is 16. The molecule has 4 aliphatic rings. The molecule has 4 fully saturated rings. The van der Waals surface area contributed by atoms with Crippen LogP contribution in [-0.4, -0.2) is 178 Å². The smallest absolute Gasteiger partial charge is 0.338 e. The van der Waals surface area contributed by atoms with Crippen molar-refractivity contribution in [3.63, 3.8) is 0 Å². The van der Waals surface area contributed by atoms with E-state index in [1.54, 1.807) is 114 Å². The van der Waals surface area contributed by atoms with Crippen molar-refractivity contribution in [2.24, 2.45) is 16.7 Å². The largest absolute Gasteiger partial charge is 0.466 e. The first-order chi connectivity index (χ1) is 47.9. The topological polar surface area (TPSA) is 301 Å². The molecule has 4 aliphatic heterocycles. The number of esters is 9. The van der Waals surface area contributed by atoms with Gasteiger partial charge < -0.3 is 75.8 Å². The van der Waals surface area contributed by atoms with Gasteiger partial charge in [0.2, 0.25) is 0 Å². The number of hydrogen-bond acceptors (Lipinski definition) is 26. The Hall–Kier alpha value is -8.60. The highest BCUT2D eigenvalue weighted by Gasteiger charge is 2.59. The Morgan fingerprint density at radius 1 is 0.450 bits per heavy atom. The number of hydrogen-bond donors (Lipinski definition) is 0. The molecule has 536 valence electrons. The van der Waals surface area contributed by atoms with E-state index in [1.165, 1.54) is 62.4 Å². The number of thioether (sulfide) groups is 1. The Morgan fingerprint density at radius 3 is 1.39 bits per heavy atom. The van der Waals surface area contributed by atoms with Gasteiger partial charge in [0.05, 0.1) is 65.6 Å². The second kappa shape index (κ2) is 35.1. The maximum absolute atomic E-state index is 14.8. The van der Waals surface area contributed by atoms with Crippen molar-refractivity contribution in [3.05, 3.63) is 179 Å². The third kappa shape index (κ3) is 19.9. The summed E-state index contributed by atoms with van der Waals surface area (Å²) in [6, 6.07) is 40.5. The van der Waals surface area contributed by atoms with E-state index in [-0.39, 0.29) is 60.7 Å². The number of carbonyl (C=O) groups is 9. The molecular formula is C74H84O25S. The first-order valence-electron chi connectivity index (χ1n) is 32.9. The van der Waals surface area contributed by atoms with Gasteiger partial charge >= 0.3 is 53.7 Å². The lowest BCUT2D eigenvalue weighted by Gasteiger charge is -2.51. The van der Waals surface area contributed by atoms with Gasteiger partial charge in [0.15, 0.2) is 55.5 Å². The quantitative estimate of drug-likeness (QED) is 0.0332. The van der Waals surface area contributed by atoms with Crippen molar-refractivity contribution in [1.29, 1.82) is 0 Å². The van der Waals surface area contributed by atoms with Crippen LogP contribution < -0.4 is 0 Å². The summed E-state index contributed by atoms with van der Waals surface area (Å²) in [6.07, 6.45) is -21.0. The van der Waals surface area contributed by atoms with Crippen molar-refractivity contribution in [3.8, 4) is 0 Å². The van der Waals surface area contributed by atoms with Gasteiger partial charge in [-0.3, -0.25) is 24.0 Å². The summed E-state index contributed by atoms with van der Waals surface area (Å²) in [5.41, 5.74) is -2.98. The van der Waals surface area contributed by atoms with Crippen LogP contribution in [0.1, 0.15) is 128 Å². The van der Waals surface area contributed by atoms with E-state index in [0.717, 1.165) is 18.7 Å². The van der Waals surface area contributed by atoms with Crippen LogP contribution in [-0.2, 0) is 99.8 Å². The first kappa shape index (κ1) is 75.6. The number of carbonyl (C=O) groups excluding carboxylic acids is 9. The Labute approximate surface area is 583 Å². The molecule has 100 heavy (non-hydrogen) atoms. The van der Waals surface area contributed by atoms with E-state index in [2.05, 4.69) is 0 Å². The SMILES string of the molecule is CCS[C@@H]1OC(CO[C@@H]2OC(COC(=O)c3ccccc3)[C@@H](OC(=O)c3ccccc3)[C@H](OC(=O)c3ccccc3)C2OC(=O)c2ccccc2)[C@@H](OC(C)=O)[C@H](O[C@@H]2OC3COC(c4ccccc4)O[C@H]3[C@H](C)C2OC(=O)C(C)(C)CCOC(C)=O)C1OC(=O)C(C)(C)CCOC(C)=O. The molecule has 16 atom stereocenters. The molecule has 4 saturated heterocycles. The van der Waals surface area contributed by atoms with Crippen molar-refractivity contribution in [2.75, 3.05) is 38.8 Å². The van der Waals surface area contributed by atoms with Gasteiger partial charge in [0, 0.05) is 32.3 Å². The third-order valence-corrected chi connectivity index (χ3v) is 18.1. The highest BCUT2D eigenvalue weighted by atomic mass is 32.2. The molecule has 26 heteroatoms. The molecule has 0 radical (unpaired) electrons. The van der Waals surface area contributed by atoms with Crippen LogP contribution in [0.5, 0.6) is 0 Å². The van der Waals surface area contributed by atoms with Crippen molar-refractivity contribution >= 4 is 65.5 Å². The summed E-state index contributed by atoms with van der Waals surface area (Å²) in [5, 5.41) is 0. The van der Waals surface area contributed by atoms with Crippen LogP contribution in [0.3, 0.4) is 0 Å². The van der Waals surface area contributed by atoms with Crippen LogP contribution in [0, 0.1) is 16.7 Å². The van der Waals surface area contributed by atoms with Gasteiger partial charge in [-0.2, -0.15) is 0 Å². The maximum Gasteiger partial charge on any atom is 0.338 e. The predicted molar refractivity (Wildman–Crippen MR) is 353 cm³/mol. The van der Waals surface area contributed by atoms with Crippen LogP contribution in [0.2, 0.25) is 0 Å². The van der Waals surface area contributed by atoms with Crippen molar-refractivity contribution < 1.29 is 119 Å². The fraction of sp³-hybridized carbons (Fsp3) is 0.473. The van der Waals surface area contributed by atoms with Gasteiger partial charge in [-0.15, -0.1) is 11.8 Å². The van der Waals surface area contributed by atoms with Crippen molar-refractivity contribution in [1.82, 2.24) is 0 Å². The van der Waals surface area contributed by atoms with E-state index in [1.807, 2.05) is 30.3 Å². The molecule has 0 aromatic heterocycles. The minimum absolute atomic E-state index is 0.0146. The molecule has 9 rings (SSSR count). The molecule has 0 spiro atoms. The van der Waals surface area contributed by atoms with Crippen LogP contribution in [0.15, 0.2) is 152 Å². The fourth-order valence-corrected chi connectivity index (χ4v) is 12.4. The summed E-state index contributed by atoms with van der Waals surface area (Å²) < 4.78 is 102. The molecule has 25 nitrogen and oxygen atoms in total. The molecule has 0 amide bonds. The average molecular weight is 1410 g/mol. The van der Waals surface area contributed by atoms with Gasteiger partial charge in [0.25, 0.3) is 0 Å². The number of benzene rings is 5. The van der Waals surface area contributed by atoms with Crippen molar-refractivity contribution in [2.45, 2.75) is 167 Å². The Balaban J connectivity index is 1.14. The zero-order chi connectivity index (χ0) is 71.7. The van der Waals surface area contributed by atoms with Gasteiger partial charge in [-0.1, -0.05) is 117 Å². The molecule has 4 heterocycles. The molecule has 0 bridgehead atoms. The lowest BCUT2D eigenvalue weighted by atomic mass is 9.87. The van der Waals surface area contributed by atoms with Crippen LogP contribution >= 0.6 is 11.8 Å². The number of rotatable bonds is 28. The van der Waals surface area contributed by atoms with E-state index in [4.69, 9.17) is 75.8 Å². The van der Waals surface area contributed by atoms with E-state index >= 15 is 0 Å². The Kier molecular flexibility index (Phi) is 26.6. The minimum atomic E-state index is -1.90. The second-order valence-electron chi connectivity index (χ2n) is 25.5. The fourth-order valence-electron chi connectivity index (χ4n) is 11.5. The normalized spacial score (nSPS) is 26.6. The summed E-state index contributed by atoms with van der Waals surface area (Å²) >= 11 is 1.15. The van der Waals surface area contributed by atoms with Crippen LogP contribution in [0.4, 0.5) is 0 Å². The Bertz CT molecular complexity index is 3560. The van der Waals surface area contributed by atoms with Crippen LogP contribution in [0.25, 0.3) is 0 Å². The summed E-state index contributed by atoms with van der Waals surface area (Å²) in [5.74, 6) is -7.84. The molecule has 5 aromatic carbocycles. The molecule has 7 unspecified atom stereocenters. The molecular weight excluding hydrogens is 1320 g/mol. The number of fused-ring (bicyclic) bond motifs is 1.